The number of rotatable bonds is 4. The van der Waals surface area contributed by atoms with Gasteiger partial charge in [0.05, 0.1) is 23.1 Å². The predicted molar refractivity (Wildman–Crippen MR) is 138 cm³/mol. The van der Waals surface area contributed by atoms with Gasteiger partial charge in [0.25, 0.3) is 0 Å². The molecule has 1 aliphatic heterocycles. The standard InChI is InChI=1S/C28H21Cl2N3O2/c29-28(30)26(32(19-10-4-1-5-11-19)20-12-6-2-7-13-20)22-16-17-24-23(25(22)35-27(28)34)18-31-33(24)21-14-8-3-9-15-21/h1-15,18,26H,16-17H2. The highest BCUT2D eigenvalue weighted by Crippen LogP contribution is 2.50. The van der Waals surface area contributed by atoms with Crippen LogP contribution in [0.5, 0.6) is 0 Å². The molecule has 6 rings (SSSR count). The van der Waals surface area contributed by atoms with E-state index < -0.39 is 16.3 Å². The number of ether oxygens (including phenoxy) is 1. The summed E-state index contributed by atoms with van der Waals surface area (Å²) in [5, 5.41) is 4.62. The zero-order valence-electron chi connectivity index (χ0n) is 18.6. The van der Waals surface area contributed by atoms with Crippen LogP contribution < -0.4 is 4.90 Å². The summed E-state index contributed by atoms with van der Waals surface area (Å²) < 4.78 is 5.92. The molecule has 35 heavy (non-hydrogen) atoms. The Balaban J connectivity index is 1.55. The summed E-state index contributed by atoms with van der Waals surface area (Å²) in [7, 11) is 0. The summed E-state index contributed by atoms with van der Waals surface area (Å²) in [6, 6.07) is 28.9. The van der Waals surface area contributed by atoms with E-state index in [1.807, 2.05) is 101 Å². The van der Waals surface area contributed by atoms with E-state index >= 15 is 0 Å². The molecule has 0 N–H and O–H groups in total. The summed E-state index contributed by atoms with van der Waals surface area (Å²) in [5.41, 5.74) is 5.36. The molecule has 1 aliphatic carbocycles. The molecule has 5 nitrogen and oxygen atoms in total. The first-order valence-electron chi connectivity index (χ1n) is 11.4. The normalized spacial score (nSPS) is 18.5. The predicted octanol–water partition coefficient (Wildman–Crippen LogP) is 6.47. The third-order valence-electron chi connectivity index (χ3n) is 6.50. The smallest absolute Gasteiger partial charge is 0.350 e. The molecule has 0 amide bonds. The Morgan fingerprint density at radius 3 is 2.03 bits per heavy atom. The van der Waals surface area contributed by atoms with Gasteiger partial charge >= 0.3 is 5.97 Å². The van der Waals surface area contributed by atoms with Crippen LogP contribution in [-0.4, -0.2) is 26.1 Å². The minimum absolute atomic E-state index is 0.497. The van der Waals surface area contributed by atoms with E-state index in [0.29, 0.717) is 18.6 Å². The molecular formula is C28H21Cl2N3O2. The number of carbonyl (C=O) groups excluding carboxylic acids is 1. The van der Waals surface area contributed by atoms with Crippen molar-refractivity contribution in [3.63, 3.8) is 0 Å². The van der Waals surface area contributed by atoms with Crippen LogP contribution >= 0.6 is 23.2 Å². The van der Waals surface area contributed by atoms with Crippen LogP contribution in [-0.2, 0) is 16.0 Å². The molecule has 0 radical (unpaired) electrons. The van der Waals surface area contributed by atoms with Crippen LogP contribution in [0.4, 0.5) is 11.4 Å². The SMILES string of the molecule is O=C1OC2=C(CCc3c2cnn3-c2ccccc2)C(N(c2ccccc2)c2ccccc2)C1(Cl)Cl. The maximum Gasteiger partial charge on any atom is 0.350 e. The van der Waals surface area contributed by atoms with Gasteiger partial charge in [-0.1, -0.05) is 77.8 Å². The van der Waals surface area contributed by atoms with Gasteiger partial charge in [-0.2, -0.15) is 5.10 Å². The molecular weight excluding hydrogens is 481 g/mol. The number of carbonyl (C=O) groups is 1. The second-order valence-corrected chi connectivity index (χ2v) is 9.95. The molecule has 0 bridgehead atoms. The lowest BCUT2D eigenvalue weighted by Gasteiger charge is -2.44. The van der Waals surface area contributed by atoms with Gasteiger partial charge in [-0.3, -0.25) is 0 Å². The fourth-order valence-corrected chi connectivity index (χ4v) is 5.49. The molecule has 1 unspecified atom stereocenters. The molecule has 0 spiro atoms. The van der Waals surface area contributed by atoms with Crippen LogP contribution in [0.25, 0.3) is 11.4 Å². The number of anilines is 2. The van der Waals surface area contributed by atoms with Crippen molar-refractivity contribution < 1.29 is 9.53 Å². The largest absolute Gasteiger partial charge is 0.423 e. The highest BCUT2D eigenvalue weighted by Gasteiger charge is 2.55. The minimum atomic E-state index is -1.81. The fraction of sp³-hybridized carbons (Fsp3) is 0.143. The van der Waals surface area contributed by atoms with Crippen LogP contribution in [0.15, 0.2) is 103 Å². The molecule has 0 saturated carbocycles. The number of hydrogen-bond acceptors (Lipinski definition) is 4. The second kappa shape index (κ2) is 8.59. The lowest BCUT2D eigenvalue weighted by Crippen LogP contribution is -2.54. The average Bonchev–Trinajstić information content (AvgIpc) is 3.33. The van der Waals surface area contributed by atoms with Gasteiger partial charge in [-0.25, -0.2) is 9.48 Å². The summed E-state index contributed by atoms with van der Waals surface area (Å²) in [4.78, 5) is 15.3. The lowest BCUT2D eigenvalue weighted by molar-refractivity contribution is -0.138. The van der Waals surface area contributed by atoms with Crippen molar-refractivity contribution in [3.8, 4) is 5.69 Å². The zero-order chi connectivity index (χ0) is 24.0. The number of fused-ring (bicyclic) bond motifs is 2. The molecule has 3 aromatic carbocycles. The number of hydrogen-bond donors (Lipinski definition) is 0. The second-order valence-electron chi connectivity index (χ2n) is 8.56. The summed E-state index contributed by atoms with van der Waals surface area (Å²) in [6.45, 7) is 0. The van der Waals surface area contributed by atoms with Crippen molar-refractivity contribution in [2.75, 3.05) is 4.90 Å². The monoisotopic (exact) mass is 501 g/mol. The Labute approximate surface area is 213 Å². The maximum atomic E-state index is 13.3. The first-order valence-corrected chi connectivity index (χ1v) is 12.2. The average molecular weight is 502 g/mol. The Bertz CT molecular complexity index is 1380. The zero-order valence-corrected chi connectivity index (χ0v) is 20.2. The Hall–Kier alpha value is -3.54. The Kier molecular flexibility index (Phi) is 5.39. The number of nitrogens with zero attached hydrogens (tertiary/aromatic N) is 3. The van der Waals surface area contributed by atoms with Crippen LogP contribution in [0.3, 0.4) is 0 Å². The molecule has 0 fully saturated rings. The maximum absolute atomic E-state index is 13.3. The van der Waals surface area contributed by atoms with E-state index in [9.17, 15) is 4.79 Å². The lowest BCUT2D eigenvalue weighted by atomic mass is 9.86. The van der Waals surface area contributed by atoms with Crippen molar-refractivity contribution in [1.82, 2.24) is 9.78 Å². The van der Waals surface area contributed by atoms with E-state index in [0.717, 1.165) is 33.9 Å². The van der Waals surface area contributed by atoms with Gasteiger partial charge in [0, 0.05) is 16.9 Å². The van der Waals surface area contributed by atoms with Crippen LogP contribution in [0.2, 0.25) is 0 Å². The Morgan fingerprint density at radius 2 is 1.43 bits per heavy atom. The summed E-state index contributed by atoms with van der Waals surface area (Å²) in [6.07, 6.45) is 3.08. The van der Waals surface area contributed by atoms with Crippen molar-refractivity contribution in [2.24, 2.45) is 0 Å². The third kappa shape index (κ3) is 3.63. The molecule has 4 aromatic rings. The van der Waals surface area contributed by atoms with Crippen molar-refractivity contribution in [3.05, 3.63) is 114 Å². The van der Waals surface area contributed by atoms with Crippen molar-refractivity contribution >= 4 is 46.3 Å². The number of esters is 1. The van der Waals surface area contributed by atoms with Gasteiger partial charge in [-0.05, 0) is 49.2 Å². The van der Waals surface area contributed by atoms with Gasteiger partial charge in [-0.15, -0.1) is 0 Å². The topological polar surface area (TPSA) is 47.4 Å². The van der Waals surface area contributed by atoms with E-state index in [-0.39, 0.29) is 0 Å². The molecule has 174 valence electrons. The van der Waals surface area contributed by atoms with Gasteiger partial charge in [0.2, 0.25) is 4.33 Å². The van der Waals surface area contributed by atoms with Crippen molar-refractivity contribution in [2.45, 2.75) is 23.2 Å². The van der Waals surface area contributed by atoms with Crippen LogP contribution in [0.1, 0.15) is 17.7 Å². The molecule has 2 heterocycles. The van der Waals surface area contributed by atoms with E-state index in [1.165, 1.54) is 0 Å². The number of alkyl halides is 2. The molecule has 1 aromatic heterocycles. The van der Waals surface area contributed by atoms with Gasteiger partial charge in [0.1, 0.15) is 11.8 Å². The number of benzene rings is 3. The first-order chi connectivity index (χ1) is 17.1. The third-order valence-corrected chi connectivity index (χ3v) is 7.23. The molecule has 0 saturated heterocycles. The Morgan fingerprint density at radius 1 is 0.857 bits per heavy atom. The molecule has 1 atom stereocenters. The number of para-hydroxylation sites is 3. The van der Waals surface area contributed by atoms with Gasteiger partial charge in [0.15, 0.2) is 0 Å². The van der Waals surface area contributed by atoms with Gasteiger partial charge < -0.3 is 9.64 Å². The quantitative estimate of drug-likeness (QED) is 0.237. The van der Waals surface area contributed by atoms with Crippen molar-refractivity contribution in [1.29, 1.82) is 0 Å². The first kappa shape index (κ1) is 22.0. The molecule has 7 heteroatoms. The van der Waals surface area contributed by atoms with Crippen LogP contribution in [0, 0.1) is 0 Å². The van der Waals surface area contributed by atoms with E-state index in [4.69, 9.17) is 27.9 Å². The van der Waals surface area contributed by atoms with E-state index in [2.05, 4.69) is 5.10 Å². The summed E-state index contributed by atoms with van der Waals surface area (Å²) >= 11 is 13.7. The minimum Gasteiger partial charge on any atom is -0.423 e. The molecule has 2 aliphatic rings. The van der Waals surface area contributed by atoms with E-state index in [1.54, 1.807) is 6.20 Å². The highest BCUT2D eigenvalue weighted by molar-refractivity contribution is 6.59. The summed E-state index contributed by atoms with van der Waals surface area (Å²) in [5.74, 6) is -0.195. The number of halogens is 2. The fourth-order valence-electron chi connectivity index (χ4n) is 4.95. The number of aromatic nitrogens is 2. The highest BCUT2D eigenvalue weighted by atomic mass is 35.5.